The topological polar surface area (TPSA) is 58.9 Å². The maximum Gasteiger partial charge on any atom is 0.291 e. The Morgan fingerprint density at radius 2 is 2.33 bits per heavy atom. The third kappa shape index (κ3) is 1.83. The van der Waals surface area contributed by atoms with Crippen LogP contribution in [0.4, 0.5) is 0 Å². The van der Waals surface area contributed by atoms with Crippen molar-refractivity contribution in [2.45, 2.75) is 11.7 Å². The van der Waals surface area contributed by atoms with Crippen molar-refractivity contribution in [1.29, 1.82) is 0 Å². The number of nitrogens with one attached hydrogen (secondary N) is 1. The molecule has 1 aliphatic rings. The lowest BCUT2D eigenvalue weighted by Crippen LogP contribution is -2.10. The van der Waals surface area contributed by atoms with Gasteiger partial charge in [0, 0.05) is 17.8 Å². The third-order valence-corrected chi connectivity index (χ3v) is 2.54. The summed E-state index contributed by atoms with van der Waals surface area (Å²) in [6, 6.07) is 1.80. The minimum Gasteiger partial charge on any atom is -0.356 e. The van der Waals surface area contributed by atoms with Gasteiger partial charge in [0.15, 0.2) is 0 Å². The highest BCUT2D eigenvalue weighted by atomic mass is 32.1. The van der Waals surface area contributed by atoms with Crippen molar-refractivity contribution in [3.63, 3.8) is 0 Å². The normalized spacial score (nSPS) is 24.3. The van der Waals surface area contributed by atoms with Gasteiger partial charge in [-0.2, -0.15) is 12.6 Å². The largest absolute Gasteiger partial charge is 0.356 e. The average Bonchev–Trinajstić information content (AvgIpc) is 2.54. The number of aromatic nitrogens is 1. The molecule has 1 unspecified atom stereocenters. The van der Waals surface area contributed by atoms with E-state index >= 15 is 0 Å². The third-order valence-electron chi connectivity index (χ3n) is 2.26. The predicted octanol–water partition coefficient (Wildman–Crippen LogP) is 2.35. The molecule has 0 saturated carbocycles. The Balaban J connectivity index is 2.63. The highest BCUT2D eigenvalue weighted by Crippen LogP contribution is 2.30. The predicted molar refractivity (Wildman–Crippen MR) is 62.2 cm³/mol. The van der Waals surface area contributed by atoms with Crippen LogP contribution >= 0.6 is 12.6 Å². The lowest BCUT2D eigenvalue weighted by atomic mass is 10.1. The molecule has 0 aliphatic heterocycles. The van der Waals surface area contributed by atoms with Crippen molar-refractivity contribution in [2.75, 3.05) is 0 Å². The molecule has 0 bridgehead atoms. The quantitative estimate of drug-likeness (QED) is 0.435. The lowest BCUT2D eigenvalue weighted by Gasteiger charge is -2.10. The van der Waals surface area contributed by atoms with Gasteiger partial charge in [0.2, 0.25) is 0 Å². The lowest BCUT2D eigenvalue weighted by molar-refractivity contribution is -0.376. The number of nitrogens with zero attached hydrogens (tertiary/aromatic N) is 1. The van der Waals surface area contributed by atoms with E-state index in [4.69, 9.17) is 0 Å². The molecule has 1 heterocycles. The first kappa shape index (κ1) is 10.0. The Kier molecular flexibility index (Phi) is 2.19. The van der Waals surface area contributed by atoms with Gasteiger partial charge in [-0.3, -0.25) is 10.1 Å². The van der Waals surface area contributed by atoms with E-state index in [1.807, 2.05) is 19.1 Å². The van der Waals surface area contributed by atoms with Gasteiger partial charge in [-0.25, -0.2) is 0 Å². The monoisotopic (exact) mass is 222 g/mol. The van der Waals surface area contributed by atoms with Crippen molar-refractivity contribution in [2.24, 2.45) is 0 Å². The summed E-state index contributed by atoms with van der Waals surface area (Å²) in [5.74, 6) is 0. The molecule has 0 saturated heterocycles. The standard InChI is InChI=1S/C10H10N2O2S/c1-10(15)4-2-7-3-5-11-9(7)8(6-10)12(13)14/h2-6,11,15H,1H3. The van der Waals surface area contributed by atoms with Gasteiger partial charge in [-0.1, -0.05) is 12.2 Å². The molecule has 1 aromatic rings. The van der Waals surface area contributed by atoms with E-state index < -0.39 is 9.67 Å². The number of thiol groups is 1. The van der Waals surface area contributed by atoms with Crippen molar-refractivity contribution in [3.05, 3.63) is 45.8 Å². The summed E-state index contributed by atoms with van der Waals surface area (Å²) in [4.78, 5) is 13.4. The zero-order chi connectivity index (χ0) is 11.1. The summed E-state index contributed by atoms with van der Waals surface area (Å²) in [5.41, 5.74) is 1.42. The van der Waals surface area contributed by atoms with Crippen molar-refractivity contribution in [1.82, 2.24) is 4.98 Å². The van der Waals surface area contributed by atoms with Gasteiger partial charge in [0.1, 0.15) is 5.69 Å². The molecular weight excluding hydrogens is 212 g/mol. The van der Waals surface area contributed by atoms with Crippen LogP contribution in [0.5, 0.6) is 0 Å². The number of aromatic amines is 1. The van der Waals surface area contributed by atoms with Crippen LogP contribution in [0.15, 0.2) is 24.4 Å². The summed E-state index contributed by atoms with van der Waals surface area (Å²) in [6.45, 7) is 1.81. The molecule has 1 aromatic heterocycles. The van der Waals surface area contributed by atoms with E-state index in [2.05, 4.69) is 17.6 Å². The molecule has 0 amide bonds. The van der Waals surface area contributed by atoms with Crippen molar-refractivity contribution in [3.8, 4) is 0 Å². The molecule has 0 radical (unpaired) electrons. The number of H-pyrrole nitrogens is 1. The van der Waals surface area contributed by atoms with E-state index in [1.54, 1.807) is 12.3 Å². The molecule has 2 rings (SSSR count). The van der Waals surface area contributed by atoms with Crippen LogP contribution in [0.1, 0.15) is 18.2 Å². The Hall–Kier alpha value is -1.49. The van der Waals surface area contributed by atoms with E-state index in [9.17, 15) is 10.1 Å². The first-order chi connectivity index (χ1) is 6.99. The second-order valence-corrected chi connectivity index (χ2v) is 4.62. The van der Waals surface area contributed by atoms with Crippen LogP contribution in [0.3, 0.4) is 0 Å². The smallest absolute Gasteiger partial charge is 0.291 e. The van der Waals surface area contributed by atoms with E-state index in [0.717, 1.165) is 5.56 Å². The summed E-state index contributed by atoms with van der Waals surface area (Å²) in [5, 5.41) is 10.9. The number of fused-ring (bicyclic) bond motifs is 1. The Morgan fingerprint density at radius 3 is 3.00 bits per heavy atom. The Morgan fingerprint density at radius 1 is 1.60 bits per heavy atom. The van der Waals surface area contributed by atoms with Crippen LogP contribution in [-0.2, 0) is 0 Å². The SMILES string of the molecule is CC1(S)C=Cc2cc[nH]c2C([N+](=O)[O-])=C1. The second kappa shape index (κ2) is 3.27. The fourth-order valence-electron chi connectivity index (χ4n) is 1.54. The fourth-order valence-corrected chi connectivity index (χ4v) is 1.74. The van der Waals surface area contributed by atoms with Gasteiger partial charge in [0.05, 0.1) is 9.67 Å². The summed E-state index contributed by atoms with van der Waals surface area (Å²) >= 11 is 4.34. The van der Waals surface area contributed by atoms with E-state index in [0.29, 0.717) is 5.69 Å². The summed E-state index contributed by atoms with van der Waals surface area (Å²) < 4.78 is -0.595. The number of nitro groups is 1. The van der Waals surface area contributed by atoms with Crippen molar-refractivity contribution < 1.29 is 4.92 Å². The first-order valence-corrected chi connectivity index (χ1v) is 4.91. The minimum atomic E-state index is -0.595. The van der Waals surface area contributed by atoms with Gasteiger partial charge in [-0.05, 0) is 13.0 Å². The molecule has 0 spiro atoms. The van der Waals surface area contributed by atoms with E-state index in [1.165, 1.54) is 6.08 Å². The summed E-state index contributed by atoms with van der Waals surface area (Å²) in [6.07, 6.45) is 6.90. The average molecular weight is 222 g/mol. The van der Waals surface area contributed by atoms with Crippen LogP contribution in [-0.4, -0.2) is 14.7 Å². The molecule has 0 aromatic carbocycles. The minimum absolute atomic E-state index is 0.0671. The number of hydrogen-bond donors (Lipinski definition) is 2. The maximum atomic E-state index is 10.9. The molecule has 4 nitrogen and oxygen atoms in total. The van der Waals surface area contributed by atoms with Gasteiger partial charge < -0.3 is 4.98 Å². The Bertz CT molecular complexity index is 472. The van der Waals surface area contributed by atoms with Gasteiger partial charge in [0.25, 0.3) is 5.70 Å². The van der Waals surface area contributed by atoms with Crippen LogP contribution in [0.25, 0.3) is 11.8 Å². The molecule has 15 heavy (non-hydrogen) atoms. The zero-order valence-electron chi connectivity index (χ0n) is 8.10. The molecule has 1 atom stereocenters. The van der Waals surface area contributed by atoms with E-state index in [-0.39, 0.29) is 5.70 Å². The highest BCUT2D eigenvalue weighted by molar-refractivity contribution is 7.82. The first-order valence-electron chi connectivity index (χ1n) is 4.46. The van der Waals surface area contributed by atoms with Crippen molar-refractivity contribution >= 4 is 24.4 Å². The molecule has 78 valence electrons. The molecule has 1 aliphatic carbocycles. The van der Waals surface area contributed by atoms with Crippen LogP contribution in [0, 0.1) is 10.1 Å². The Labute approximate surface area is 92.3 Å². The highest BCUT2D eigenvalue weighted by Gasteiger charge is 2.26. The zero-order valence-corrected chi connectivity index (χ0v) is 8.99. The van der Waals surface area contributed by atoms with Gasteiger partial charge in [-0.15, -0.1) is 0 Å². The van der Waals surface area contributed by atoms with Gasteiger partial charge >= 0.3 is 0 Å². The van der Waals surface area contributed by atoms with Crippen LogP contribution in [0.2, 0.25) is 0 Å². The van der Waals surface area contributed by atoms with Crippen LogP contribution < -0.4 is 0 Å². The maximum absolute atomic E-state index is 10.9. The molecule has 1 N–H and O–H groups in total. The molecule has 0 fully saturated rings. The second-order valence-electron chi connectivity index (χ2n) is 3.65. The fraction of sp³-hybridized carbons (Fsp3) is 0.200. The molecule has 5 heteroatoms. The molecular formula is C10H10N2O2S. The number of rotatable bonds is 1. The number of hydrogen-bond acceptors (Lipinski definition) is 3. The summed E-state index contributed by atoms with van der Waals surface area (Å²) in [7, 11) is 0.